The van der Waals surface area contributed by atoms with Crippen LogP contribution in [0, 0.1) is 33.5 Å². The van der Waals surface area contributed by atoms with Gasteiger partial charge in [0.05, 0.1) is 21.7 Å². The Morgan fingerprint density at radius 2 is 1.00 bits per heavy atom. The fourth-order valence-corrected chi connectivity index (χ4v) is 8.58. The van der Waals surface area contributed by atoms with Gasteiger partial charge in [-0.2, -0.15) is 0 Å². The molecule has 0 radical (unpaired) electrons. The summed E-state index contributed by atoms with van der Waals surface area (Å²) in [6.45, 7) is 0. The van der Waals surface area contributed by atoms with Crippen molar-refractivity contribution in [1.82, 2.24) is 0 Å². The molecule has 150 valence electrons. The van der Waals surface area contributed by atoms with Gasteiger partial charge >= 0.3 is 23.9 Å². The minimum absolute atomic E-state index is 0.162. The first-order chi connectivity index (χ1) is 13.4. The SMILES string of the molecule is O=C1OC(=O)C23CCCCC12CC3CCC1CC23CCCCC12C(=O)OC3=O. The van der Waals surface area contributed by atoms with Crippen LogP contribution in [-0.4, -0.2) is 23.9 Å². The molecule has 0 aromatic heterocycles. The third-order valence-corrected chi connectivity index (χ3v) is 9.89. The van der Waals surface area contributed by atoms with E-state index >= 15 is 0 Å². The summed E-state index contributed by atoms with van der Waals surface area (Å²) in [7, 11) is 0. The molecule has 2 heterocycles. The van der Waals surface area contributed by atoms with E-state index in [1.165, 1.54) is 0 Å². The quantitative estimate of drug-likeness (QED) is 0.547. The van der Waals surface area contributed by atoms with Gasteiger partial charge in [-0.25, -0.2) is 0 Å². The second-order valence-electron chi connectivity index (χ2n) is 10.3. The van der Waals surface area contributed by atoms with Crippen molar-refractivity contribution in [2.75, 3.05) is 0 Å². The topological polar surface area (TPSA) is 86.7 Å². The number of rotatable bonds is 3. The van der Waals surface area contributed by atoms with Gasteiger partial charge in [0.1, 0.15) is 0 Å². The van der Waals surface area contributed by atoms with E-state index in [9.17, 15) is 19.2 Å². The Bertz CT molecular complexity index is 765. The smallest absolute Gasteiger partial charge is 0.321 e. The van der Waals surface area contributed by atoms with Gasteiger partial charge in [-0.1, -0.05) is 25.7 Å². The zero-order chi connectivity index (χ0) is 19.4. The molecule has 0 spiro atoms. The summed E-state index contributed by atoms with van der Waals surface area (Å²) in [4.78, 5) is 50.2. The third kappa shape index (κ3) is 1.51. The minimum Gasteiger partial charge on any atom is -0.392 e. The van der Waals surface area contributed by atoms with Crippen LogP contribution in [0.25, 0.3) is 0 Å². The van der Waals surface area contributed by atoms with Crippen molar-refractivity contribution in [2.24, 2.45) is 33.5 Å². The number of carbonyl (C=O) groups is 4. The summed E-state index contributed by atoms with van der Waals surface area (Å²) in [5, 5.41) is 0. The monoisotopic (exact) mass is 386 g/mol. The molecule has 6 unspecified atom stereocenters. The Morgan fingerprint density at radius 3 is 1.43 bits per heavy atom. The summed E-state index contributed by atoms with van der Waals surface area (Å²) in [6, 6.07) is 0. The molecule has 0 N–H and O–H groups in total. The molecule has 2 saturated heterocycles. The first kappa shape index (κ1) is 17.2. The second-order valence-corrected chi connectivity index (χ2v) is 10.3. The molecule has 6 atom stereocenters. The van der Waals surface area contributed by atoms with E-state index in [1.807, 2.05) is 0 Å². The van der Waals surface area contributed by atoms with E-state index in [4.69, 9.17) is 9.47 Å². The molecule has 6 fully saturated rings. The van der Waals surface area contributed by atoms with Crippen LogP contribution in [0.2, 0.25) is 0 Å². The van der Waals surface area contributed by atoms with Gasteiger partial charge in [-0.05, 0) is 63.2 Å². The molecule has 4 saturated carbocycles. The van der Waals surface area contributed by atoms with E-state index in [0.29, 0.717) is 0 Å². The molecule has 2 aliphatic heterocycles. The Balaban J connectivity index is 1.23. The molecule has 6 aliphatic rings. The summed E-state index contributed by atoms with van der Waals surface area (Å²) in [6.07, 6.45) is 10.1. The van der Waals surface area contributed by atoms with Gasteiger partial charge < -0.3 is 9.47 Å². The number of carbonyl (C=O) groups excluding carboxylic acids is 4. The van der Waals surface area contributed by atoms with Crippen LogP contribution in [-0.2, 0) is 28.7 Å². The van der Waals surface area contributed by atoms with Crippen molar-refractivity contribution in [2.45, 2.75) is 77.0 Å². The number of ether oxygens (including phenoxy) is 2. The molecule has 0 bridgehead atoms. The van der Waals surface area contributed by atoms with Crippen LogP contribution in [0.15, 0.2) is 0 Å². The average Bonchev–Trinajstić information content (AvgIpc) is 2.94. The molecule has 6 rings (SSSR count). The van der Waals surface area contributed by atoms with Gasteiger partial charge in [0, 0.05) is 0 Å². The fourth-order valence-electron chi connectivity index (χ4n) is 8.58. The molecular formula is C22H26O6. The lowest BCUT2D eigenvalue weighted by Crippen LogP contribution is -2.63. The highest BCUT2D eigenvalue weighted by Crippen LogP contribution is 2.75. The second kappa shape index (κ2) is 5.06. The zero-order valence-corrected chi connectivity index (χ0v) is 16.1. The molecule has 28 heavy (non-hydrogen) atoms. The van der Waals surface area contributed by atoms with Crippen LogP contribution in [0.5, 0.6) is 0 Å². The van der Waals surface area contributed by atoms with Gasteiger partial charge in [-0.15, -0.1) is 0 Å². The van der Waals surface area contributed by atoms with Crippen molar-refractivity contribution in [3.05, 3.63) is 0 Å². The van der Waals surface area contributed by atoms with Crippen LogP contribution in [0.1, 0.15) is 77.0 Å². The standard InChI is InChI=1S/C22H26O6/c23-15-19-7-1-3-9-21(19,17(25)27-15)13(11-19)5-6-14-12-20-8-2-4-10-22(14,20)18(26)28-16(20)24/h13-14H,1-12H2. The first-order valence-corrected chi connectivity index (χ1v) is 11.0. The highest BCUT2D eigenvalue weighted by molar-refractivity contribution is 6.04. The van der Waals surface area contributed by atoms with Crippen molar-refractivity contribution >= 4 is 23.9 Å². The van der Waals surface area contributed by atoms with Crippen molar-refractivity contribution in [3.8, 4) is 0 Å². The molecule has 0 aromatic carbocycles. The van der Waals surface area contributed by atoms with E-state index in [1.54, 1.807) is 0 Å². The fraction of sp³-hybridized carbons (Fsp3) is 0.818. The zero-order valence-electron chi connectivity index (χ0n) is 16.1. The van der Waals surface area contributed by atoms with Gasteiger partial charge in [0.2, 0.25) is 0 Å². The minimum atomic E-state index is -0.612. The van der Waals surface area contributed by atoms with Crippen molar-refractivity contribution in [3.63, 3.8) is 0 Å². The summed E-state index contributed by atoms with van der Waals surface area (Å²) in [5.41, 5.74) is -2.36. The van der Waals surface area contributed by atoms with Crippen molar-refractivity contribution in [1.29, 1.82) is 0 Å². The van der Waals surface area contributed by atoms with Gasteiger partial charge in [-0.3, -0.25) is 19.2 Å². The van der Waals surface area contributed by atoms with E-state index in [0.717, 1.165) is 77.0 Å². The largest absolute Gasteiger partial charge is 0.392 e. The lowest BCUT2D eigenvalue weighted by molar-refractivity contribution is -0.189. The van der Waals surface area contributed by atoms with Crippen molar-refractivity contribution < 1.29 is 28.7 Å². The van der Waals surface area contributed by atoms with Crippen LogP contribution in [0.4, 0.5) is 0 Å². The third-order valence-electron chi connectivity index (χ3n) is 9.89. The van der Waals surface area contributed by atoms with E-state index < -0.39 is 21.7 Å². The van der Waals surface area contributed by atoms with Crippen LogP contribution < -0.4 is 0 Å². The molecule has 0 amide bonds. The molecule has 6 nitrogen and oxygen atoms in total. The number of hydrogen-bond donors (Lipinski definition) is 0. The lowest BCUT2D eigenvalue weighted by Gasteiger charge is -2.61. The van der Waals surface area contributed by atoms with E-state index in [2.05, 4.69) is 0 Å². The van der Waals surface area contributed by atoms with Gasteiger partial charge in [0.25, 0.3) is 0 Å². The average molecular weight is 386 g/mol. The maximum Gasteiger partial charge on any atom is 0.321 e. The molecular weight excluding hydrogens is 360 g/mol. The Labute approximate surface area is 163 Å². The predicted octanol–water partition coefficient (Wildman–Crippen LogP) is 3.07. The highest BCUT2D eigenvalue weighted by atomic mass is 16.6. The highest BCUT2D eigenvalue weighted by Gasteiger charge is 2.80. The number of esters is 4. The summed E-state index contributed by atoms with van der Waals surface area (Å²) < 4.78 is 10.3. The van der Waals surface area contributed by atoms with E-state index in [-0.39, 0.29) is 35.7 Å². The predicted molar refractivity (Wildman–Crippen MR) is 94.3 cm³/mol. The lowest BCUT2D eigenvalue weighted by atomic mass is 9.37. The van der Waals surface area contributed by atoms with Crippen LogP contribution in [0.3, 0.4) is 0 Å². The first-order valence-electron chi connectivity index (χ1n) is 11.0. The summed E-state index contributed by atoms with van der Waals surface area (Å²) in [5.74, 6) is -0.881. The normalized spacial score (nSPS) is 51.1. The summed E-state index contributed by atoms with van der Waals surface area (Å²) >= 11 is 0. The molecule has 4 aliphatic carbocycles. The Kier molecular flexibility index (Phi) is 3.10. The van der Waals surface area contributed by atoms with Crippen LogP contribution >= 0.6 is 0 Å². The number of hydrogen-bond acceptors (Lipinski definition) is 6. The maximum absolute atomic E-state index is 12.7. The number of cyclic esters (lactones) is 4. The van der Waals surface area contributed by atoms with Gasteiger partial charge in [0.15, 0.2) is 0 Å². The Hall–Kier alpha value is -1.72. The molecule has 6 heteroatoms. The Morgan fingerprint density at radius 1 is 0.607 bits per heavy atom. The molecule has 0 aromatic rings. The maximum atomic E-state index is 12.7.